The molecule has 27 nitrogen and oxygen atoms in total. The average Bonchev–Trinajstić information content (AvgIpc) is 3.88. The molecule has 1 heterocycles. The molecular weight excluding hydrogens is 995 g/mol. The summed E-state index contributed by atoms with van der Waals surface area (Å²) in [7, 11) is 0. The summed E-state index contributed by atoms with van der Waals surface area (Å²) in [6.45, 7) is 9.76. The van der Waals surface area contributed by atoms with E-state index in [1.807, 2.05) is 0 Å². The lowest BCUT2D eigenvalue weighted by atomic mass is 9.99. The number of aliphatic hydroxyl groups is 1. The number of carbonyl (C=O) groups excluding carboxylic acids is 9. The third-order valence-electron chi connectivity index (χ3n) is 11.8. The Bertz CT molecular complexity index is 2260. The zero-order valence-corrected chi connectivity index (χ0v) is 44.0. The van der Waals surface area contributed by atoms with Gasteiger partial charge in [-0.2, -0.15) is 0 Å². The number of hydrogen-bond donors (Lipinski definition) is 15. The second kappa shape index (κ2) is 32.7. The number of amides is 9. The van der Waals surface area contributed by atoms with Crippen molar-refractivity contribution in [3.63, 3.8) is 0 Å². The van der Waals surface area contributed by atoms with E-state index in [-0.39, 0.29) is 25.8 Å². The van der Waals surface area contributed by atoms with Crippen LogP contribution in [0, 0.1) is 17.8 Å². The lowest BCUT2D eigenvalue weighted by Crippen LogP contribution is -2.61. The van der Waals surface area contributed by atoms with Crippen molar-refractivity contribution in [3.8, 4) is 0 Å². The van der Waals surface area contributed by atoms with Crippen LogP contribution < -0.4 is 59.3 Å². The van der Waals surface area contributed by atoms with E-state index in [4.69, 9.17) is 11.5 Å². The number of aromatic amines is 1. The molecular formula is C49H77N13O14. The molecule has 1 aromatic carbocycles. The van der Waals surface area contributed by atoms with Crippen LogP contribution in [0.25, 0.3) is 0 Å². The predicted molar refractivity (Wildman–Crippen MR) is 274 cm³/mol. The molecule has 0 aliphatic rings. The van der Waals surface area contributed by atoms with Gasteiger partial charge in [-0.1, -0.05) is 71.9 Å². The Morgan fingerprint density at radius 2 is 1.05 bits per heavy atom. The highest BCUT2D eigenvalue weighted by atomic mass is 16.4. The largest absolute Gasteiger partial charge is 0.481 e. The first-order chi connectivity index (χ1) is 35.8. The quantitative estimate of drug-likeness (QED) is 0.0304. The van der Waals surface area contributed by atoms with E-state index in [2.05, 4.69) is 57.8 Å². The molecule has 1 aromatic heterocycles. The molecule has 0 aliphatic heterocycles. The fraction of sp³-hybridized carbons (Fsp3) is 0.592. The van der Waals surface area contributed by atoms with Crippen LogP contribution in [0.3, 0.4) is 0 Å². The van der Waals surface area contributed by atoms with Crippen LogP contribution in [0.15, 0.2) is 42.9 Å². The number of nitrogens with two attached hydrogens (primary N) is 2. The van der Waals surface area contributed by atoms with Crippen molar-refractivity contribution < 1.29 is 68.1 Å². The van der Waals surface area contributed by atoms with Crippen molar-refractivity contribution in [2.75, 3.05) is 19.6 Å². The molecule has 0 fully saturated rings. The van der Waals surface area contributed by atoms with Gasteiger partial charge < -0.3 is 79.6 Å². The number of H-pyrrole nitrogens is 1. The minimum Gasteiger partial charge on any atom is -0.481 e. The Balaban J connectivity index is 2.40. The van der Waals surface area contributed by atoms with Gasteiger partial charge >= 0.3 is 11.9 Å². The molecule has 9 atom stereocenters. The van der Waals surface area contributed by atoms with Crippen LogP contribution in [0.5, 0.6) is 0 Å². The summed E-state index contributed by atoms with van der Waals surface area (Å²) in [4.78, 5) is 152. The lowest BCUT2D eigenvalue weighted by molar-refractivity contribution is -0.144. The van der Waals surface area contributed by atoms with Gasteiger partial charge in [0, 0.05) is 31.2 Å². The average molecular weight is 1070 g/mol. The summed E-state index contributed by atoms with van der Waals surface area (Å²) in [5.41, 5.74) is 12.1. The maximum atomic E-state index is 14.4. The summed E-state index contributed by atoms with van der Waals surface area (Å²) in [6.07, 6.45) is 0.737. The zero-order valence-electron chi connectivity index (χ0n) is 44.0. The van der Waals surface area contributed by atoms with Gasteiger partial charge in [-0.3, -0.25) is 47.9 Å². The summed E-state index contributed by atoms with van der Waals surface area (Å²) in [5.74, 6) is -12.1. The minimum atomic E-state index is -1.53. The Morgan fingerprint density at radius 1 is 0.553 bits per heavy atom. The number of aliphatic hydroxyl groups excluding tert-OH is 1. The summed E-state index contributed by atoms with van der Waals surface area (Å²) >= 11 is 0. The fourth-order valence-corrected chi connectivity index (χ4v) is 7.49. The molecule has 76 heavy (non-hydrogen) atoms. The molecule has 0 saturated heterocycles. The van der Waals surface area contributed by atoms with E-state index in [0.717, 1.165) is 0 Å². The van der Waals surface area contributed by atoms with Gasteiger partial charge in [0.15, 0.2) is 0 Å². The number of carbonyl (C=O) groups is 11. The maximum Gasteiger partial charge on any atom is 0.326 e. The molecule has 0 saturated carbocycles. The SMILES string of the molecule is CC(C)[C@H](NC(=O)[C@@H](NC(=O)[C@H](CCC(=O)O)NC(=O)CNC(=O)[C@H](CCCCN)NC(=O)[C@H](Cc1ccccc1)NC(=O)[C@H](Cc1cnc[nH]1)NC(=O)[C@@H](NC(=O)[C@@H](NC(=O)CN)[C@@H](C)O)C(C)C)C(C)C)C(=O)O. The molecule has 0 aliphatic carbocycles. The second-order valence-corrected chi connectivity index (χ2v) is 19.2. The number of carboxylic acid groups (broad SMARTS) is 2. The van der Waals surface area contributed by atoms with Crippen molar-refractivity contribution in [3.05, 3.63) is 54.1 Å². The maximum absolute atomic E-state index is 14.4. The molecule has 0 radical (unpaired) electrons. The van der Waals surface area contributed by atoms with E-state index in [1.165, 1.54) is 19.4 Å². The smallest absolute Gasteiger partial charge is 0.326 e. The standard InChI is InChI=1S/C49H77N13O14/c1-25(2)38(61-48(74)41(28(7)63)59-35(64)21-51)46(72)58-34(20-30-22-52-24-54-30)45(71)57-33(19-29-13-9-8-10-14-29)44(70)56-31(15-11-12-18-50)42(68)53-23-36(65)55-32(16-17-37(66)67)43(69)60-39(26(3)4)47(73)62-40(27(5)6)49(75)76/h8-10,13-14,22,24-28,31-34,38-41,63H,11-12,15-21,23,50-51H2,1-7H3,(H,52,54)(H,53,68)(H,55,65)(H,56,70)(H,57,71)(H,58,72)(H,59,64)(H,60,69)(H,61,74)(H,62,73)(H,66,67)(H,75,76)/t28-,31+,32+,33+,34+,38+,39+,40+,41+/m1/s1. The van der Waals surface area contributed by atoms with Crippen LogP contribution in [-0.4, -0.2) is 164 Å². The topological polar surface area (TPSA) is 437 Å². The number of hydrogen-bond acceptors (Lipinski definition) is 15. The summed E-state index contributed by atoms with van der Waals surface area (Å²) < 4.78 is 0. The zero-order chi connectivity index (χ0) is 57.2. The van der Waals surface area contributed by atoms with Gasteiger partial charge in [0.25, 0.3) is 0 Å². The van der Waals surface area contributed by atoms with Crippen LogP contribution in [0.1, 0.15) is 91.8 Å². The Morgan fingerprint density at radius 3 is 1.57 bits per heavy atom. The van der Waals surface area contributed by atoms with E-state index >= 15 is 0 Å². The number of aromatic nitrogens is 2. The van der Waals surface area contributed by atoms with E-state index in [1.54, 1.807) is 71.9 Å². The summed E-state index contributed by atoms with van der Waals surface area (Å²) in [6, 6.07) is -2.57. The van der Waals surface area contributed by atoms with Crippen molar-refractivity contribution in [1.29, 1.82) is 0 Å². The molecule has 0 bridgehead atoms. The van der Waals surface area contributed by atoms with Gasteiger partial charge in [-0.25, -0.2) is 9.78 Å². The molecule has 9 amide bonds. The third kappa shape index (κ3) is 22.5. The Kier molecular flexibility index (Phi) is 27.8. The van der Waals surface area contributed by atoms with Gasteiger partial charge in [0.05, 0.1) is 25.5 Å². The van der Waals surface area contributed by atoms with Crippen LogP contribution in [0.4, 0.5) is 0 Å². The molecule has 17 N–H and O–H groups in total. The molecule has 2 rings (SSSR count). The van der Waals surface area contributed by atoms with E-state index in [9.17, 15) is 68.1 Å². The van der Waals surface area contributed by atoms with Crippen molar-refractivity contribution in [2.45, 2.75) is 148 Å². The van der Waals surface area contributed by atoms with Crippen LogP contribution in [0.2, 0.25) is 0 Å². The number of imidazole rings is 1. The van der Waals surface area contributed by atoms with Gasteiger partial charge in [0.1, 0.15) is 48.3 Å². The predicted octanol–water partition coefficient (Wildman–Crippen LogP) is -3.42. The Hall–Kier alpha value is -7.52. The molecule has 0 spiro atoms. The van der Waals surface area contributed by atoms with Gasteiger partial charge in [-0.05, 0) is 62.5 Å². The molecule has 27 heteroatoms. The Labute approximate surface area is 440 Å². The number of unbranched alkanes of at least 4 members (excludes halogenated alkanes) is 1. The van der Waals surface area contributed by atoms with Gasteiger partial charge in [-0.15, -0.1) is 0 Å². The normalized spacial score (nSPS) is 14.8. The summed E-state index contributed by atoms with van der Waals surface area (Å²) in [5, 5.41) is 51.7. The first-order valence-corrected chi connectivity index (χ1v) is 25.0. The van der Waals surface area contributed by atoms with E-state index in [0.29, 0.717) is 24.1 Å². The monoisotopic (exact) mass is 1070 g/mol. The minimum absolute atomic E-state index is 0.00310. The highest BCUT2D eigenvalue weighted by Gasteiger charge is 2.36. The first-order valence-electron chi connectivity index (χ1n) is 25.0. The van der Waals surface area contributed by atoms with Crippen molar-refractivity contribution in [1.82, 2.24) is 57.8 Å². The number of benzene rings is 1. The van der Waals surface area contributed by atoms with Crippen LogP contribution >= 0.6 is 0 Å². The number of carboxylic acids is 2. The number of nitrogens with zero attached hydrogens (tertiary/aromatic N) is 1. The molecule has 422 valence electrons. The van der Waals surface area contributed by atoms with Crippen molar-refractivity contribution in [2.24, 2.45) is 29.2 Å². The van der Waals surface area contributed by atoms with Gasteiger partial charge in [0.2, 0.25) is 53.2 Å². The number of nitrogens with one attached hydrogen (secondary N) is 10. The second-order valence-electron chi connectivity index (χ2n) is 19.2. The number of aliphatic carboxylic acids is 2. The first kappa shape index (κ1) is 64.6. The third-order valence-corrected chi connectivity index (χ3v) is 11.8. The van der Waals surface area contributed by atoms with Crippen molar-refractivity contribution >= 4 is 65.1 Å². The molecule has 2 aromatic rings. The fourth-order valence-electron chi connectivity index (χ4n) is 7.49. The van der Waals surface area contributed by atoms with E-state index < -0.39 is 163 Å². The lowest BCUT2D eigenvalue weighted by Gasteiger charge is -2.29. The highest BCUT2D eigenvalue weighted by Crippen LogP contribution is 2.12. The molecule has 0 unspecified atom stereocenters. The number of rotatable bonds is 34. The van der Waals surface area contributed by atoms with Crippen LogP contribution in [-0.2, 0) is 65.6 Å². The highest BCUT2D eigenvalue weighted by molar-refractivity contribution is 5.98.